The van der Waals surface area contributed by atoms with Crippen molar-refractivity contribution in [2.24, 2.45) is 0 Å². The van der Waals surface area contributed by atoms with E-state index < -0.39 is 0 Å². The van der Waals surface area contributed by atoms with Gasteiger partial charge in [-0.2, -0.15) is 0 Å². The molecule has 1 N–H and O–H groups in total. The molecule has 0 aliphatic rings. The van der Waals surface area contributed by atoms with Gasteiger partial charge in [-0.3, -0.25) is 4.79 Å². The van der Waals surface area contributed by atoms with Gasteiger partial charge in [0.05, 0.1) is 0 Å². The van der Waals surface area contributed by atoms with Crippen molar-refractivity contribution in [3.8, 4) is 11.5 Å². The molecule has 6 heteroatoms. The van der Waals surface area contributed by atoms with Gasteiger partial charge in [0.25, 0.3) is 5.22 Å². The number of carbonyl (C=O) groups excluding carboxylic acids is 1. The maximum atomic E-state index is 11.1. The van der Waals surface area contributed by atoms with E-state index in [9.17, 15) is 4.79 Å². The lowest BCUT2D eigenvalue weighted by Gasteiger charge is -2.04. The third-order valence-electron chi connectivity index (χ3n) is 4.09. The zero-order valence-electron chi connectivity index (χ0n) is 14.7. The number of thioether (sulfide) groups is 1. The fourth-order valence-electron chi connectivity index (χ4n) is 2.84. The van der Waals surface area contributed by atoms with E-state index in [2.05, 4.69) is 45.8 Å². The van der Waals surface area contributed by atoms with Crippen molar-refractivity contribution < 1.29 is 9.21 Å². The van der Waals surface area contributed by atoms with Crippen LogP contribution in [-0.4, -0.2) is 16.1 Å². The number of hydrogen-bond acceptors (Lipinski definition) is 5. The van der Waals surface area contributed by atoms with Crippen LogP contribution in [0.25, 0.3) is 22.2 Å². The molecule has 1 amide bonds. The first-order valence-corrected chi connectivity index (χ1v) is 9.48. The number of hydrogen-bond donors (Lipinski definition) is 1. The molecule has 0 bridgehead atoms. The Morgan fingerprint density at radius 3 is 2.59 bits per heavy atom. The number of carbonyl (C=O) groups is 1. The molecule has 0 fully saturated rings. The minimum atomic E-state index is -0.104. The molecule has 0 radical (unpaired) electrons. The second-order valence-electron chi connectivity index (χ2n) is 6.06. The number of aromatic nitrogens is 2. The second kappa shape index (κ2) is 7.63. The summed E-state index contributed by atoms with van der Waals surface area (Å²) < 4.78 is 5.78. The lowest BCUT2D eigenvalue weighted by Crippen LogP contribution is -2.05. The summed E-state index contributed by atoms with van der Waals surface area (Å²) in [5.41, 5.74) is 2.78. The summed E-state index contributed by atoms with van der Waals surface area (Å²) in [5, 5.41) is 14.0. The average Bonchev–Trinajstić information content (AvgIpc) is 3.15. The number of fused-ring (bicyclic) bond motifs is 1. The van der Waals surface area contributed by atoms with E-state index in [1.165, 1.54) is 35.0 Å². The molecule has 3 aromatic carbocycles. The van der Waals surface area contributed by atoms with Crippen molar-refractivity contribution in [2.45, 2.75) is 17.9 Å². The van der Waals surface area contributed by atoms with Crippen molar-refractivity contribution in [2.75, 3.05) is 5.32 Å². The smallest absolute Gasteiger partial charge is 0.277 e. The molecule has 27 heavy (non-hydrogen) atoms. The highest BCUT2D eigenvalue weighted by atomic mass is 32.2. The monoisotopic (exact) mass is 375 g/mol. The van der Waals surface area contributed by atoms with Gasteiger partial charge in [-0.05, 0) is 40.6 Å². The van der Waals surface area contributed by atoms with Crippen molar-refractivity contribution in [1.29, 1.82) is 0 Å². The van der Waals surface area contributed by atoms with Gasteiger partial charge in [0.2, 0.25) is 11.8 Å². The first kappa shape index (κ1) is 17.3. The van der Waals surface area contributed by atoms with Crippen molar-refractivity contribution in [3.63, 3.8) is 0 Å². The zero-order chi connectivity index (χ0) is 18.6. The normalized spacial score (nSPS) is 10.9. The van der Waals surface area contributed by atoms with Gasteiger partial charge in [-0.25, -0.2) is 0 Å². The second-order valence-corrected chi connectivity index (χ2v) is 6.99. The Kier molecular flexibility index (Phi) is 4.89. The molecule has 1 aromatic heterocycles. The molecular weight excluding hydrogens is 358 g/mol. The fourth-order valence-corrected chi connectivity index (χ4v) is 3.61. The van der Waals surface area contributed by atoms with Crippen LogP contribution in [0, 0.1) is 0 Å². The number of nitrogens with zero attached hydrogens (tertiary/aromatic N) is 2. The highest BCUT2D eigenvalue weighted by Crippen LogP contribution is 2.29. The first-order chi connectivity index (χ1) is 13.2. The molecule has 1 heterocycles. The average molecular weight is 375 g/mol. The number of amides is 1. The summed E-state index contributed by atoms with van der Waals surface area (Å²) in [4.78, 5) is 11.1. The molecule has 0 saturated heterocycles. The van der Waals surface area contributed by atoms with Gasteiger partial charge < -0.3 is 9.73 Å². The minimum Gasteiger partial charge on any atom is -0.411 e. The maximum Gasteiger partial charge on any atom is 0.277 e. The predicted molar refractivity (Wildman–Crippen MR) is 108 cm³/mol. The molecule has 0 unspecified atom stereocenters. The Morgan fingerprint density at radius 1 is 1.00 bits per heavy atom. The van der Waals surface area contributed by atoms with Crippen LogP contribution < -0.4 is 5.32 Å². The van der Waals surface area contributed by atoms with E-state index in [1.54, 1.807) is 0 Å². The number of benzene rings is 3. The Morgan fingerprint density at radius 2 is 1.78 bits per heavy atom. The first-order valence-electron chi connectivity index (χ1n) is 8.50. The Hall–Kier alpha value is -3.12. The molecular formula is C21H17N3O2S. The van der Waals surface area contributed by atoms with Crippen LogP contribution in [0.2, 0.25) is 0 Å². The Labute approximate surface area is 160 Å². The third-order valence-corrected chi connectivity index (χ3v) is 4.96. The Balaban J connectivity index is 1.47. The predicted octanol–water partition coefficient (Wildman–Crippen LogP) is 5.14. The third kappa shape index (κ3) is 4.01. The van der Waals surface area contributed by atoms with E-state index >= 15 is 0 Å². The van der Waals surface area contributed by atoms with Crippen molar-refractivity contribution in [3.05, 3.63) is 72.3 Å². The van der Waals surface area contributed by atoms with Crippen LogP contribution in [0.4, 0.5) is 5.69 Å². The standard InChI is InChI=1S/C21H17N3O2S/c1-14(25)22-18-11-9-16(10-12-18)20-23-24-21(26-20)27-13-17-7-4-6-15-5-2-3-8-19(15)17/h2-12H,13H2,1H3,(H,22,25). The molecule has 0 saturated carbocycles. The van der Waals surface area contributed by atoms with Crippen molar-refractivity contribution in [1.82, 2.24) is 10.2 Å². The minimum absolute atomic E-state index is 0.104. The summed E-state index contributed by atoms with van der Waals surface area (Å²) in [6, 6.07) is 21.9. The van der Waals surface area contributed by atoms with E-state index in [4.69, 9.17) is 4.42 Å². The van der Waals surface area contributed by atoms with Crippen LogP contribution in [-0.2, 0) is 10.5 Å². The van der Waals surface area contributed by atoms with Gasteiger partial charge in [0.15, 0.2) is 0 Å². The molecule has 0 aliphatic carbocycles. The summed E-state index contributed by atoms with van der Waals surface area (Å²) in [6.45, 7) is 1.48. The summed E-state index contributed by atoms with van der Waals surface area (Å²) in [7, 11) is 0. The topological polar surface area (TPSA) is 68.0 Å². The summed E-state index contributed by atoms with van der Waals surface area (Å²) in [5.74, 6) is 1.11. The lowest BCUT2D eigenvalue weighted by atomic mass is 10.1. The fraction of sp³-hybridized carbons (Fsp3) is 0.0952. The number of anilines is 1. The van der Waals surface area contributed by atoms with E-state index in [-0.39, 0.29) is 5.91 Å². The van der Waals surface area contributed by atoms with Gasteiger partial charge in [-0.1, -0.05) is 54.2 Å². The molecule has 4 aromatic rings. The van der Waals surface area contributed by atoms with E-state index in [0.717, 1.165) is 17.0 Å². The molecule has 0 spiro atoms. The molecule has 5 nitrogen and oxygen atoms in total. The van der Waals surface area contributed by atoms with Crippen LogP contribution in [0.1, 0.15) is 12.5 Å². The zero-order valence-corrected chi connectivity index (χ0v) is 15.5. The van der Waals surface area contributed by atoms with Crippen LogP contribution >= 0.6 is 11.8 Å². The lowest BCUT2D eigenvalue weighted by molar-refractivity contribution is -0.114. The maximum absolute atomic E-state index is 11.1. The molecule has 134 valence electrons. The molecule has 0 atom stereocenters. The van der Waals surface area contributed by atoms with Crippen LogP contribution in [0.5, 0.6) is 0 Å². The van der Waals surface area contributed by atoms with Crippen LogP contribution in [0.15, 0.2) is 76.4 Å². The SMILES string of the molecule is CC(=O)Nc1ccc(-c2nnc(SCc3cccc4ccccc34)o2)cc1. The highest BCUT2D eigenvalue weighted by Gasteiger charge is 2.10. The quantitative estimate of drug-likeness (QED) is 0.489. The highest BCUT2D eigenvalue weighted by molar-refractivity contribution is 7.98. The molecule has 4 rings (SSSR count). The summed E-state index contributed by atoms with van der Waals surface area (Å²) >= 11 is 1.52. The van der Waals surface area contributed by atoms with Gasteiger partial charge in [0, 0.05) is 23.9 Å². The van der Waals surface area contributed by atoms with Gasteiger partial charge >= 0.3 is 0 Å². The van der Waals surface area contributed by atoms with Crippen LogP contribution in [0.3, 0.4) is 0 Å². The largest absolute Gasteiger partial charge is 0.411 e. The van der Waals surface area contributed by atoms with Gasteiger partial charge in [-0.15, -0.1) is 10.2 Å². The summed E-state index contributed by atoms with van der Waals surface area (Å²) in [6.07, 6.45) is 0. The van der Waals surface area contributed by atoms with E-state index in [0.29, 0.717) is 11.1 Å². The molecule has 0 aliphatic heterocycles. The van der Waals surface area contributed by atoms with Crippen molar-refractivity contribution >= 4 is 34.1 Å². The number of nitrogens with one attached hydrogen (secondary N) is 1. The number of rotatable bonds is 5. The van der Waals surface area contributed by atoms with Gasteiger partial charge in [0.1, 0.15) is 0 Å². The van der Waals surface area contributed by atoms with E-state index in [1.807, 2.05) is 36.4 Å². The Bertz CT molecular complexity index is 1080.